The molecule has 0 bridgehead atoms. The van der Waals surface area contributed by atoms with Crippen molar-refractivity contribution in [2.45, 2.75) is 69.5 Å². The van der Waals surface area contributed by atoms with Crippen LogP contribution in [-0.2, 0) is 23.5 Å². The van der Waals surface area contributed by atoms with E-state index in [1.54, 1.807) is 13.8 Å². The monoisotopic (exact) mass is 366 g/mol. The van der Waals surface area contributed by atoms with E-state index in [4.69, 9.17) is 13.9 Å². The third-order valence-corrected chi connectivity index (χ3v) is 8.71. The molecule has 1 fully saturated rings. The molecule has 1 heterocycles. The van der Waals surface area contributed by atoms with Crippen LogP contribution in [0.3, 0.4) is 0 Å². The standard InChI is InChI=1S/C13H23BrO5Si/c1-11(2,3)20(6,7)18-9(15)8-13(14)10(16)17-12(4,5)19-13/h8H2,1-7H3. The lowest BCUT2D eigenvalue weighted by Crippen LogP contribution is -2.44. The Morgan fingerprint density at radius 2 is 1.85 bits per heavy atom. The number of cyclic esters (lactones) is 1. The minimum atomic E-state index is -2.21. The van der Waals surface area contributed by atoms with Crippen LogP contribution in [0.15, 0.2) is 0 Å². The number of carbonyl (C=O) groups is 2. The molecule has 1 aliphatic rings. The first kappa shape index (κ1) is 17.6. The van der Waals surface area contributed by atoms with Gasteiger partial charge in [0, 0.05) is 13.8 Å². The molecule has 0 aromatic heterocycles. The SMILES string of the molecule is CC1(C)OC(=O)C(Br)(CC(=O)O[Si](C)(C)C(C)(C)C)O1. The first-order valence-electron chi connectivity index (χ1n) is 6.53. The Morgan fingerprint density at radius 1 is 1.35 bits per heavy atom. The van der Waals surface area contributed by atoms with Crippen molar-refractivity contribution < 1.29 is 23.5 Å². The number of alkyl halides is 1. The molecule has 116 valence electrons. The molecule has 0 N–H and O–H groups in total. The maximum Gasteiger partial charge on any atom is 0.352 e. The topological polar surface area (TPSA) is 61.8 Å². The highest BCUT2D eigenvalue weighted by Crippen LogP contribution is 2.41. The fourth-order valence-electron chi connectivity index (χ4n) is 1.52. The summed E-state index contributed by atoms with van der Waals surface area (Å²) in [5.41, 5.74) is 0. The second kappa shape index (κ2) is 5.10. The van der Waals surface area contributed by atoms with Crippen LogP contribution in [0.1, 0.15) is 41.0 Å². The molecule has 1 atom stereocenters. The number of esters is 1. The van der Waals surface area contributed by atoms with Crippen molar-refractivity contribution in [3.8, 4) is 0 Å². The highest BCUT2D eigenvalue weighted by atomic mass is 79.9. The summed E-state index contributed by atoms with van der Waals surface area (Å²) >= 11 is 3.16. The number of rotatable bonds is 3. The molecule has 0 aromatic carbocycles. The van der Waals surface area contributed by atoms with Crippen LogP contribution in [-0.4, -0.2) is 30.6 Å². The number of ether oxygens (including phenoxy) is 2. The molecule has 0 aromatic rings. The smallest absolute Gasteiger partial charge is 0.352 e. The third-order valence-electron chi connectivity index (χ3n) is 3.60. The predicted molar refractivity (Wildman–Crippen MR) is 80.8 cm³/mol. The van der Waals surface area contributed by atoms with Crippen molar-refractivity contribution >= 4 is 36.2 Å². The Morgan fingerprint density at radius 3 is 2.20 bits per heavy atom. The van der Waals surface area contributed by atoms with Gasteiger partial charge in [-0.05, 0) is 34.1 Å². The summed E-state index contributed by atoms with van der Waals surface area (Å²) in [6.45, 7) is 13.3. The summed E-state index contributed by atoms with van der Waals surface area (Å²) in [5, 5.41) is -0.0849. The predicted octanol–water partition coefficient (Wildman–Crippen LogP) is 3.33. The number of carbonyl (C=O) groups excluding carboxylic acids is 2. The maximum absolute atomic E-state index is 12.1. The lowest BCUT2D eigenvalue weighted by molar-refractivity contribution is -0.162. The van der Waals surface area contributed by atoms with E-state index in [1.807, 2.05) is 33.9 Å². The van der Waals surface area contributed by atoms with Crippen LogP contribution in [0.4, 0.5) is 0 Å². The van der Waals surface area contributed by atoms with Crippen LogP contribution < -0.4 is 0 Å². The Bertz CT molecular complexity index is 427. The Kier molecular flexibility index (Phi) is 4.50. The van der Waals surface area contributed by atoms with E-state index in [0.717, 1.165) is 0 Å². The molecular weight excluding hydrogens is 344 g/mol. The molecule has 1 rings (SSSR count). The van der Waals surface area contributed by atoms with Crippen LogP contribution in [0, 0.1) is 0 Å². The van der Waals surface area contributed by atoms with Crippen LogP contribution in [0.2, 0.25) is 18.1 Å². The van der Waals surface area contributed by atoms with Crippen molar-refractivity contribution in [2.75, 3.05) is 0 Å². The van der Waals surface area contributed by atoms with Gasteiger partial charge in [-0.25, -0.2) is 4.79 Å². The fourth-order valence-corrected chi connectivity index (χ4v) is 3.17. The molecule has 0 saturated carbocycles. The van der Waals surface area contributed by atoms with E-state index >= 15 is 0 Å². The van der Waals surface area contributed by atoms with Crippen LogP contribution in [0.25, 0.3) is 0 Å². The molecule has 1 saturated heterocycles. The van der Waals surface area contributed by atoms with Crippen LogP contribution in [0.5, 0.6) is 0 Å². The van der Waals surface area contributed by atoms with Gasteiger partial charge in [0.25, 0.3) is 14.3 Å². The van der Waals surface area contributed by atoms with E-state index < -0.39 is 30.6 Å². The largest absolute Gasteiger partial charge is 0.519 e. The lowest BCUT2D eigenvalue weighted by atomic mass is 10.2. The van der Waals surface area contributed by atoms with Gasteiger partial charge in [0.1, 0.15) is 0 Å². The summed E-state index contributed by atoms with van der Waals surface area (Å²) < 4.78 is 14.7. The van der Waals surface area contributed by atoms with E-state index in [1.165, 1.54) is 0 Å². The molecule has 0 aliphatic carbocycles. The van der Waals surface area contributed by atoms with Crippen molar-refractivity contribution in [3.05, 3.63) is 0 Å². The minimum absolute atomic E-state index is 0.0849. The number of hydrogen-bond donors (Lipinski definition) is 0. The molecule has 0 amide bonds. The van der Waals surface area contributed by atoms with Crippen LogP contribution >= 0.6 is 15.9 Å². The lowest BCUT2D eigenvalue weighted by Gasteiger charge is -2.35. The van der Waals surface area contributed by atoms with E-state index in [9.17, 15) is 9.59 Å². The van der Waals surface area contributed by atoms with Crippen molar-refractivity contribution in [1.29, 1.82) is 0 Å². The van der Waals surface area contributed by atoms with E-state index in [2.05, 4.69) is 15.9 Å². The minimum Gasteiger partial charge on any atom is -0.519 e. The Labute approximate surface area is 129 Å². The Balaban J connectivity index is 2.75. The molecule has 1 aliphatic heterocycles. The van der Waals surface area contributed by atoms with Gasteiger partial charge in [-0.2, -0.15) is 0 Å². The van der Waals surface area contributed by atoms with Crippen molar-refractivity contribution in [1.82, 2.24) is 0 Å². The average molecular weight is 367 g/mol. The third kappa shape index (κ3) is 3.83. The highest BCUT2D eigenvalue weighted by Gasteiger charge is 2.54. The maximum atomic E-state index is 12.1. The van der Waals surface area contributed by atoms with Gasteiger partial charge in [0.05, 0.1) is 6.42 Å². The van der Waals surface area contributed by atoms with Gasteiger partial charge in [0.2, 0.25) is 10.3 Å². The van der Waals surface area contributed by atoms with Crippen molar-refractivity contribution in [3.63, 3.8) is 0 Å². The molecule has 20 heavy (non-hydrogen) atoms. The second-order valence-electron chi connectivity index (χ2n) is 7.03. The highest BCUT2D eigenvalue weighted by molar-refractivity contribution is 9.10. The molecular formula is C13H23BrO5Si. The number of hydrogen-bond acceptors (Lipinski definition) is 5. The fraction of sp³-hybridized carbons (Fsp3) is 0.846. The van der Waals surface area contributed by atoms with Gasteiger partial charge in [-0.15, -0.1) is 0 Å². The van der Waals surface area contributed by atoms with E-state index in [0.29, 0.717) is 0 Å². The molecule has 0 radical (unpaired) electrons. The summed E-state index contributed by atoms with van der Waals surface area (Å²) in [6, 6.07) is 0. The zero-order valence-electron chi connectivity index (χ0n) is 13.1. The van der Waals surface area contributed by atoms with Crippen molar-refractivity contribution in [2.24, 2.45) is 0 Å². The van der Waals surface area contributed by atoms with Gasteiger partial charge in [-0.3, -0.25) is 4.79 Å². The van der Waals surface area contributed by atoms with Gasteiger partial charge in [0.15, 0.2) is 0 Å². The quantitative estimate of drug-likeness (QED) is 0.435. The average Bonchev–Trinajstić information content (AvgIpc) is 2.30. The van der Waals surface area contributed by atoms with Gasteiger partial charge < -0.3 is 13.9 Å². The summed E-state index contributed by atoms with van der Waals surface area (Å²) in [4.78, 5) is 23.9. The van der Waals surface area contributed by atoms with E-state index in [-0.39, 0.29) is 11.5 Å². The number of halogens is 1. The zero-order valence-corrected chi connectivity index (χ0v) is 15.7. The normalized spacial score (nSPS) is 26.3. The summed E-state index contributed by atoms with van der Waals surface area (Å²) in [7, 11) is -2.21. The molecule has 1 unspecified atom stereocenters. The zero-order chi connectivity index (χ0) is 16.0. The molecule has 7 heteroatoms. The Hall–Kier alpha value is -0.403. The first-order valence-corrected chi connectivity index (χ1v) is 10.2. The first-order chi connectivity index (χ1) is 8.69. The molecule has 0 spiro atoms. The summed E-state index contributed by atoms with van der Waals surface area (Å²) in [5.74, 6) is -2.10. The second-order valence-corrected chi connectivity index (χ2v) is 13.0. The summed E-state index contributed by atoms with van der Waals surface area (Å²) in [6.07, 6.45) is -0.207. The molecule has 5 nitrogen and oxygen atoms in total. The van der Waals surface area contributed by atoms with Gasteiger partial charge in [-0.1, -0.05) is 20.8 Å². The van der Waals surface area contributed by atoms with Gasteiger partial charge >= 0.3 is 5.97 Å².